The first-order valence-corrected chi connectivity index (χ1v) is 28.2. The largest absolute Gasteiger partial charge is 0.509 e. The summed E-state index contributed by atoms with van der Waals surface area (Å²) in [5, 5.41) is 2.23. The average molecular weight is 1230 g/mol. The summed E-state index contributed by atoms with van der Waals surface area (Å²) in [5.41, 5.74) is 18.0. The standard InChI is InChI=1S/C74H75N4O.Pt/c1-48(2)61-29-22-30-62(49(3)4)70(61)50-31-35-66-68(39-50)76(57-28-21-27-54(40-57)73(11,12)51-23-17-15-18-24-51)47-77(66)58-41-56(72(8,9)10)42-60(45-58)79-59-33-34-63-64-43-55(74(13,14)52-25-19-16-20-26-52)32-36-65(64)78(67(63)46-59)69-44-53(37-38-75-69)71(5,6)7;/h15-44,47-49H,1-14H3;/q-3;. The molecule has 10 aromatic rings. The summed E-state index contributed by atoms with van der Waals surface area (Å²) in [4.78, 5) is 9.69. The second-order valence-electron chi connectivity index (χ2n) is 25.5. The first kappa shape index (κ1) is 56.1. The smallest absolute Gasteiger partial charge is 0.135 e. The molecule has 0 amide bonds. The number of rotatable bonds is 12. The molecule has 410 valence electrons. The molecule has 5 nitrogen and oxygen atoms in total. The van der Waals surface area contributed by atoms with Gasteiger partial charge in [-0.3, -0.25) is 0 Å². The maximum atomic E-state index is 7.07. The zero-order valence-corrected chi connectivity index (χ0v) is 51.3. The zero-order chi connectivity index (χ0) is 55.8. The van der Waals surface area contributed by atoms with E-state index in [-0.39, 0.29) is 42.7 Å². The van der Waals surface area contributed by atoms with Crippen molar-refractivity contribution in [3.63, 3.8) is 0 Å². The molecule has 2 aromatic heterocycles. The molecule has 8 aromatic carbocycles. The molecular weight excluding hydrogens is 1160 g/mol. The monoisotopic (exact) mass is 1230 g/mol. The Kier molecular flexibility index (Phi) is 15.0. The van der Waals surface area contributed by atoms with E-state index < -0.39 is 0 Å². The number of pyridine rings is 1. The fourth-order valence-corrected chi connectivity index (χ4v) is 11.6. The third kappa shape index (κ3) is 10.4. The predicted octanol–water partition coefficient (Wildman–Crippen LogP) is 20.1. The van der Waals surface area contributed by atoms with Crippen molar-refractivity contribution in [3.8, 4) is 28.4 Å². The van der Waals surface area contributed by atoms with Crippen LogP contribution in [0.15, 0.2) is 182 Å². The number of hydrogen-bond acceptors (Lipinski definition) is 4. The van der Waals surface area contributed by atoms with E-state index in [9.17, 15) is 0 Å². The van der Waals surface area contributed by atoms with Crippen molar-refractivity contribution in [1.82, 2.24) is 9.55 Å². The zero-order valence-electron chi connectivity index (χ0n) is 49.1. The van der Waals surface area contributed by atoms with Gasteiger partial charge >= 0.3 is 0 Å². The number of aromatic nitrogens is 2. The maximum Gasteiger partial charge on any atom is 0.135 e. The molecule has 0 aliphatic carbocycles. The Morgan fingerprint density at radius 3 is 1.71 bits per heavy atom. The summed E-state index contributed by atoms with van der Waals surface area (Å²) in [6, 6.07) is 72.0. The van der Waals surface area contributed by atoms with Crippen LogP contribution in [0.25, 0.3) is 38.8 Å². The van der Waals surface area contributed by atoms with Crippen molar-refractivity contribution in [2.75, 3.05) is 9.80 Å². The van der Waals surface area contributed by atoms with E-state index in [2.05, 4.69) is 306 Å². The number of fused-ring (bicyclic) bond motifs is 4. The second-order valence-corrected chi connectivity index (χ2v) is 25.5. The van der Waals surface area contributed by atoms with Crippen LogP contribution in [0.1, 0.15) is 153 Å². The van der Waals surface area contributed by atoms with Crippen LogP contribution >= 0.6 is 0 Å². The molecule has 0 saturated carbocycles. The molecule has 80 heavy (non-hydrogen) atoms. The van der Waals surface area contributed by atoms with Crippen molar-refractivity contribution in [2.45, 2.75) is 130 Å². The van der Waals surface area contributed by atoms with Gasteiger partial charge in [-0.2, -0.15) is 6.07 Å². The summed E-state index contributed by atoms with van der Waals surface area (Å²) < 4.78 is 9.32. The number of hydrogen-bond donors (Lipinski definition) is 0. The van der Waals surface area contributed by atoms with Gasteiger partial charge in [-0.15, -0.1) is 53.6 Å². The Bertz CT molecular complexity index is 3860. The Hall–Kier alpha value is -7.20. The van der Waals surface area contributed by atoms with Gasteiger partial charge in [0.2, 0.25) is 0 Å². The molecule has 11 rings (SSSR count). The van der Waals surface area contributed by atoms with Gasteiger partial charge in [0.05, 0.1) is 0 Å². The Labute approximate surface area is 491 Å². The van der Waals surface area contributed by atoms with Gasteiger partial charge in [-0.1, -0.05) is 212 Å². The van der Waals surface area contributed by atoms with Crippen molar-refractivity contribution in [2.24, 2.45) is 0 Å². The minimum absolute atomic E-state index is 0. The third-order valence-electron chi connectivity index (χ3n) is 16.6. The van der Waals surface area contributed by atoms with Crippen LogP contribution in [-0.4, -0.2) is 9.55 Å². The van der Waals surface area contributed by atoms with Crippen LogP contribution in [0.4, 0.5) is 22.7 Å². The van der Waals surface area contributed by atoms with Crippen LogP contribution in [0.3, 0.4) is 0 Å². The molecule has 0 fully saturated rings. The fourth-order valence-electron chi connectivity index (χ4n) is 11.6. The normalized spacial score (nSPS) is 13.2. The number of anilines is 4. The molecule has 0 bridgehead atoms. The molecule has 0 saturated heterocycles. The quantitative estimate of drug-likeness (QED) is 0.114. The Morgan fingerprint density at radius 1 is 0.475 bits per heavy atom. The van der Waals surface area contributed by atoms with Gasteiger partial charge in [0.25, 0.3) is 0 Å². The molecule has 1 aliphatic heterocycles. The topological polar surface area (TPSA) is 33.5 Å². The predicted molar refractivity (Wildman–Crippen MR) is 332 cm³/mol. The van der Waals surface area contributed by atoms with Gasteiger partial charge in [0.15, 0.2) is 0 Å². The van der Waals surface area contributed by atoms with Gasteiger partial charge in [0.1, 0.15) is 5.82 Å². The summed E-state index contributed by atoms with van der Waals surface area (Å²) >= 11 is 0. The van der Waals surface area contributed by atoms with Crippen LogP contribution in [-0.2, 0) is 42.7 Å². The first-order valence-electron chi connectivity index (χ1n) is 28.2. The van der Waals surface area contributed by atoms with Crippen LogP contribution < -0.4 is 14.5 Å². The summed E-state index contributed by atoms with van der Waals surface area (Å²) in [5.74, 6) is 2.77. The van der Waals surface area contributed by atoms with Crippen LogP contribution in [0.2, 0.25) is 0 Å². The molecule has 0 radical (unpaired) electrons. The van der Waals surface area contributed by atoms with Crippen LogP contribution in [0, 0.1) is 18.8 Å². The van der Waals surface area contributed by atoms with Crippen molar-refractivity contribution >= 4 is 44.6 Å². The first-order chi connectivity index (χ1) is 37.6. The van der Waals surface area contributed by atoms with E-state index in [1.165, 1.54) is 50.1 Å². The number of benzene rings is 8. The van der Waals surface area contributed by atoms with Crippen molar-refractivity contribution in [1.29, 1.82) is 0 Å². The van der Waals surface area contributed by atoms with Crippen molar-refractivity contribution < 1.29 is 25.8 Å². The number of ether oxygens (including phenoxy) is 1. The average Bonchev–Trinajstić information content (AvgIpc) is 4.18. The SMILES string of the molecule is CC(C)c1cccc(C(C)C)c1-c1ccc2c(c1)N(c1cccc(C(C)(C)c3ccccc3)c1)[CH-]N2c1[c-]c(Oc2[c-]c3c(cc2)c2cc(C(C)(C)c4ccccc4)ccc2n3-c2cc(C(C)(C)C)ccn2)cc(C(C)(C)C)c1.[Pt]. The number of nitrogens with zero attached hydrogens (tertiary/aromatic N) is 4. The van der Waals surface area contributed by atoms with E-state index in [1.807, 2.05) is 6.20 Å². The van der Waals surface area contributed by atoms with E-state index in [0.29, 0.717) is 23.3 Å². The van der Waals surface area contributed by atoms with E-state index in [1.54, 1.807) is 0 Å². The van der Waals surface area contributed by atoms with E-state index in [0.717, 1.165) is 55.9 Å². The minimum Gasteiger partial charge on any atom is -0.509 e. The molecule has 0 unspecified atom stereocenters. The van der Waals surface area contributed by atoms with Crippen LogP contribution in [0.5, 0.6) is 11.5 Å². The molecule has 6 heteroatoms. The summed E-state index contributed by atoms with van der Waals surface area (Å²) in [6.45, 7) is 34.2. The maximum absolute atomic E-state index is 7.07. The molecular formula is C74H75N4OPt-3. The van der Waals surface area contributed by atoms with Gasteiger partial charge in [-0.25, -0.2) is 4.98 Å². The van der Waals surface area contributed by atoms with Gasteiger partial charge < -0.3 is 19.1 Å². The summed E-state index contributed by atoms with van der Waals surface area (Å²) in [6.07, 6.45) is 1.93. The fraction of sp³-hybridized carbons (Fsp3) is 0.270. The summed E-state index contributed by atoms with van der Waals surface area (Å²) in [7, 11) is 0. The second kappa shape index (κ2) is 21.4. The molecule has 0 atom stereocenters. The van der Waals surface area contributed by atoms with E-state index >= 15 is 0 Å². The Morgan fingerprint density at radius 2 is 1.09 bits per heavy atom. The molecule has 1 aliphatic rings. The minimum atomic E-state index is -0.228. The third-order valence-corrected chi connectivity index (χ3v) is 16.6. The molecule has 3 heterocycles. The molecule has 0 N–H and O–H groups in total. The Balaban J connectivity index is 0.00000720. The molecule has 0 spiro atoms. The van der Waals surface area contributed by atoms with Gasteiger partial charge in [-0.05, 0) is 121 Å². The van der Waals surface area contributed by atoms with Crippen molar-refractivity contribution in [3.05, 3.63) is 245 Å². The van der Waals surface area contributed by atoms with Gasteiger partial charge in [0, 0.05) is 72.2 Å². The van der Waals surface area contributed by atoms with E-state index in [4.69, 9.17) is 9.72 Å².